The summed E-state index contributed by atoms with van der Waals surface area (Å²) in [6, 6.07) is 2.34. The Labute approximate surface area is 112 Å². The van der Waals surface area contributed by atoms with Gasteiger partial charge in [-0.2, -0.15) is 0 Å². The molecule has 4 N–H and O–H groups in total. The van der Waals surface area contributed by atoms with Gasteiger partial charge in [-0.3, -0.25) is 4.79 Å². The summed E-state index contributed by atoms with van der Waals surface area (Å²) in [7, 11) is 0. The number of hydrogen-bond acceptors (Lipinski definition) is 4. The van der Waals surface area contributed by atoms with Crippen LogP contribution in [0.2, 0.25) is 0 Å². The summed E-state index contributed by atoms with van der Waals surface area (Å²) in [6.45, 7) is 5.58. The van der Waals surface area contributed by atoms with Crippen LogP contribution in [-0.4, -0.2) is 28.0 Å². The van der Waals surface area contributed by atoms with E-state index >= 15 is 0 Å². The maximum Gasteiger partial charge on any atom is 0.335 e. The molecule has 0 aliphatic carbocycles. The molecule has 1 heterocycles. The van der Waals surface area contributed by atoms with Crippen molar-refractivity contribution in [1.82, 2.24) is 4.98 Å². The number of aromatic carboxylic acids is 1. The molecule has 0 spiro atoms. The van der Waals surface area contributed by atoms with Gasteiger partial charge in [-0.05, 0) is 24.5 Å². The van der Waals surface area contributed by atoms with Gasteiger partial charge >= 0.3 is 5.97 Å². The summed E-state index contributed by atoms with van der Waals surface area (Å²) in [5, 5.41) is 11.9. The quantitative estimate of drug-likeness (QED) is 0.718. The van der Waals surface area contributed by atoms with Gasteiger partial charge in [0.15, 0.2) is 0 Å². The van der Waals surface area contributed by atoms with Crippen molar-refractivity contribution in [3.63, 3.8) is 0 Å². The van der Waals surface area contributed by atoms with Gasteiger partial charge in [0.05, 0.1) is 5.56 Å². The van der Waals surface area contributed by atoms with Crippen LogP contribution < -0.4 is 11.1 Å². The van der Waals surface area contributed by atoms with Crippen LogP contribution in [0, 0.1) is 5.92 Å². The van der Waals surface area contributed by atoms with Crippen molar-refractivity contribution in [2.45, 2.75) is 33.2 Å². The van der Waals surface area contributed by atoms with Crippen LogP contribution in [0.4, 0.5) is 5.82 Å². The standard InChI is InChI=1S/C13H19N3O3/c1-4-9-5-8(13(18)19)6-10(15-9)16-11(7(2)3)12(14)17/h5-7,11H,4H2,1-3H3,(H2,14,17)(H,15,16)(H,18,19). The third-order valence-corrected chi connectivity index (χ3v) is 2.76. The van der Waals surface area contributed by atoms with Crippen LogP contribution >= 0.6 is 0 Å². The zero-order chi connectivity index (χ0) is 14.6. The van der Waals surface area contributed by atoms with Crippen LogP contribution in [0.15, 0.2) is 12.1 Å². The molecule has 104 valence electrons. The van der Waals surface area contributed by atoms with Gasteiger partial charge in [0.2, 0.25) is 5.91 Å². The number of carboxylic acid groups (broad SMARTS) is 1. The molecular formula is C13H19N3O3. The molecule has 6 nitrogen and oxygen atoms in total. The van der Waals surface area contributed by atoms with Crippen LogP contribution in [-0.2, 0) is 11.2 Å². The Kier molecular flexibility index (Phi) is 4.86. The van der Waals surface area contributed by atoms with Gasteiger partial charge in [0, 0.05) is 5.69 Å². The van der Waals surface area contributed by atoms with E-state index in [-0.39, 0.29) is 11.5 Å². The van der Waals surface area contributed by atoms with E-state index in [1.807, 2.05) is 20.8 Å². The van der Waals surface area contributed by atoms with E-state index in [4.69, 9.17) is 10.8 Å². The summed E-state index contributed by atoms with van der Waals surface area (Å²) in [6.07, 6.45) is 0.610. The second-order valence-electron chi connectivity index (χ2n) is 4.66. The fourth-order valence-corrected chi connectivity index (χ4v) is 1.69. The minimum atomic E-state index is -1.03. The summed E-state index contributed by atoms with van der Waals surface area (Å²) in [5.74, 6) is -1.18. The molecule has 0 fully saturated rings. The van der Waals surface area contributed by atoms with Crippen LogP contribution in [0.5, 0.6) is 0 Å². The largest absolute Gasteiger partial charge is 0.478 e. The SMILES string of the molecule is CCc1cc(C(=O)O)cc(NC(C(N)=O)C(C)C)n1. The Bertz CT molecular complexity index is 486. The normalized spacial score (nSPS) is 12.2. The number of nitrogens with two attached hydrogens (primary N) is 1. The van der Waals surface area contributed by atoms with Crippen LogP contribution in [0.3, 0.4) is 0 Å². The van der Waals surface area contributed by atoms with Crippen molar-refractivity contribution >= 4 is 17.7 Å². The summed E-state index contributed by atoms with van der Waals surface area (Å²) in [4.78, 5) is 26.6. The molecule has 0 saturated heterocycles. The van der Waals surface area contributed by atoms with Crippen molar-refractivity contribution in [1.29, 1.82) is 0 Å². The molecule has 19 heavy (non-hydrogen) atoms. The molecule has 1 atom stereocenters. The highest BCUT2D eigenvalue weighted by Gasteiger charge is 2.20. The maximum absolute atomic E-state index is 11.3. The number of carboxylic acids is 1. The molecule has 1 amide bonds. The van der Waals surface area contributed by atoms with Crippen molar-refractivity contribution in [2.24, 2.45) is 11.7 Å². The van der Waals surface area contributed by atoms with Gasteiger partial charge < -0.3 is 16.2 Å². The number of nitrogens with one attached hydrogen (secondary N) is 1. The lowest BCUT2D eigenvalue weighted by Crippen LogP contribution is -2.39. The van der Waals surface area contributed by atoms with Crippen molar-refractivity contribution in [3.05, 3.63) is 23.4 Å². The van der Waals surface area contributed by atoms with E-state index in [0.717, 1.165) is 0 Å². The molecule has 1 aromatic rings. The van der Waals surface area contributed by atoms with E-state index in [1.165, 1.54) is 12.1 Å². The Hall–Kier alpha value is -2.11. The Balaban J connectivity index is 3.08. The van der Waals surface area contributed by atoms with Gasteiger partial charge in [0.1, 0.15) is 11.9 Å². The number of carbonyl (C=O) groups is 2. The average Bonchev–Trinajstić information content (AvgIpc) is 2.34. The lowest BCUT2D eigenvalue weighted by atomic mass is 10.0. The first-order chi connectivity index (χ1) is 8.85. The summed E-state index contributed by atoms with van der Waals surface area (Å²) >= 11 is 0. The molecule has 0 aliphatic rings. The molecule has 0 aromatic carbocycles. The number of nitrogens with zero attached hydrogens (tertiary/aromatic N) is 1. The van der Waals surface area contributed by atoms with E-state index < -0.39 is 17.9 Å². The number of primary amides is 1. The number of aromatic nitrogens is 1. The highest BCUT2D eigenvalue weighted by atomic mass is 16.4. The smallest absolute Gasteiger partial charge is 0.335 e. The van der Waals surface area contributed by atoms with E-state index in [2.05, 4.69) is 10.3 Å². The van der Waals surface area contributed by atoms with Gasteiger partial charge in [-0.15, -0.1) is 0 Å². The highest BCUT2D eigenvalue weighted by molar-refractivity contribution is 5.89. The molecule has 1 unspecified atom stereocenters. The number of aryl methyl sites for hydroxylation is 1. The van der Waals surface area contributed by atoms with E-state index in [9.17, 15) is 9.59 Å². The molecule has 1 aromatic heterocycles. The second-order valence-corrected chi connectivity index (χ2v) is 4.66. The average molecular weight is 265 g/mol. The Morgan fingerprint density at radius 3 is 2.47 bits per heavy atom. The second kappa shape index (κ2) is 6.17. The fraction of sp³-hybridized carbons (Fsp3) is 0.462. The lowest BCUT2D eigenvalue weighted by Gasteiger charge is -2.20. The molecule has 0 saturated carbocycles. The number of pyridine rings is 1. The molecular weight excluding hydrogens is 246 g/mol. The predicted molar refractivity (Wildman–Crippen MR) is 72.0 cm³/mol. The summed E-state index contributed by atoms with van der Waals surface area (Å²) < 4.78 is 0. The Morgan fingerprint density at radius 1 is 1.42 bits per heavy atom. The first-order valence-corrected chi connectivity index (χ1v) is 6.15. The predicted octanol–water partition coefficient (Wildman–Crippen LogP) is 1.26. The maximum atomic E-state index is 11.3. The number of carbonyl (C=O) groups excluding carboxylic acids is 1. The molecule has 0 bridgehead atoms. The summed E-state index contributed by atoms with van der Waals surface area (Å²) in [5.41, 5.74) is 6.10. The van der Waals surface area contributed by atoms with Gasteiger partial charge in [0.25, 0.3) is 0 Å². The van der Waals surface area contributed by atoms with Gasteiger partial charge in [-0.1, -0.05) is 20.8 Å². The molecule has 0 aliphatic heterocycles. The molecule has 0 radical (unpaired) electrons. The minimum absolute atomic E-state index is 0.0159. The zero-order valence-corrected chi connectivity index (χ0v) is 11.3. The topological polar surface area (TPSA) is 105 Å². The third-order valence-electron chi connectivity index (χ3n) is 2.76. The monoisotopic (exact) mass is 265 g/mol. The van der Waals surface area contributed by atoms with Crippen molar-refractivity contribution in [2.75, 3.05) is 5.32 Å². The van der Waals surface area contributed by atoms with Crippen LogP contribution in [0.1, 0.15) is 36.8 Å². The zero-order valence-electron chi connectivity index (χ0n) is 11.3. The third kappa shape index (κ3) is 3.94. The first kappa shape index (κ1) is 14.9. The minimum Gasteiger partial charge on any atom is -0.478 e. The van der Waals surface area contributed by atoms with Crippen LogP contribution in [0.25, 0.3) is 0 Å². The van der Waals surface area contributed by atoms with Crippen molar-refractivity contribution < 1.29 is 14.7 Å². The van der Waals surface area contributed by atoms with E-state index in [0.29, 0.717) is 17.9 Å². The van der Waals surface area contributed by atoms with E-state index in [1.54, 1.807) is 0 Å². The Morgan fingerprint density at radius 2 is 2.05 bits per heavy atom. The number of amides is 1. The number of anilines is 1. The first-order valence-electron chi connectivity index (χ1n) is 6.15. The highest BCUT2D eigenvalue weighted by Crippen LogP contribution is 2.15. The molecule has 6 heteroatoms. The fourth-order valence-electron chi connectivity index (χ4n) is 1.69. The lowest BCUT2D eigenvalue weighted by molar-refractivity contribution is -0.119. The molecule has 1 rings (SSSR count). The number of rotatable bonds is 6. The number of hydrogen-bond donors (Lipinski definition) is 3. The van der Waals surface area contributed by atoms with Crippen molar-refractivity contribution in [3.8, 4) is 0 Å². The van der Waals surface area contributed by atoms with Gasteiger partial charge in [-0.25, -0.2) is 9.78 Å².